The van der Waals surface area contributed by atoms with Gasteiger partial charge < -0.3 is 24.7 Å². The van der Waals surface area contributed by atoms with Gasteiger partial charge in [-0.3, -0.25) is 0 Å². The van der Waals surface area contributed by atoms with Crippen LogP contribution >= 0.6 is 28.1 Å². The number of halogens is 1. The standard InChI is InChI=1S/C14H20BrNO4S/c1-17-4-5-18-6-7-19-8-9-20-13-10-11(15)2-3-12(13)14(16)21/h2-3,10H,4-9H2,1H3,(H2,16,21). The Kier molecular flexibility index (Phi) is 9.53. The van der Waals surface area contributed by atoms with Crippen LogP contribution in [0.25, 0.3) is 0 Å². The minimum absolute atomic E-state index is 0.310. The van der Waals surface area contributed by atoms with Crippen molar-refractivity contribution in [1.29, 1.82) is 0 Å². The molecule has 0 spiro atoms. The topological polar surface area (TPSA) is 62.9 Å². The summed E-state index contributed by atoms with van der Waals surface area (Å²) in [6, 6.07) is 5.53. The van der Waals surface area contributed by atoms with Crippen molar-refractivity contribution in [2.24, 2.45) is 5.73 Å². The zero-order valence-corrected chi connectivity index (χ0v) is 14.4. The smallest absolute Gasteiger partial charge is 0.130 e. The van der Waals surface area contributed by atoms with Gasteiger partial charge in [-0.1, -0.05) is 28.1 Å². The average molecular weight is 378 g/mol. The fourth-order valence-corrected chi connectivity index (χ4v) is 2.00. The number of benzene rings is 1. The first-order valence-electron chi connectivity index (χ1n) is 6.51. The highest BCUT2D eigenvalue weighted by molar-refractivity contribution is 9.10. The van der Waals surface area contributed by atoms with Gasteiger partial charge in [-0.05, 0) is 18.2 Å². The van der Waals surface area contributed by atoms with Gasteiger partial charge in [0.25, 0.3) is 0 Å². The normalized spacial score (nSPS) is 10.6. The molecule has 0 aromatic heterocycles. The van der Waals surface area contributed by atoms with E-state index in [2.05, 4.69) is 15.9 Å². The van der Waals surface area contributed by atoms with E-state index >= 15 is 0 Å². The van der Waals surface area contributed by atoms with Crippen LogP contribution in [0.3, 0.4) is 0 Å². The molecule has 0 radical (unpaired) electrons. The lowest BCUT2D eigenvalue weighted by molar-refractivity contribution is 0.0179. The predicted molar refractivity (Wildman–Crippen MR) is 89.0 cm³/mol. The van der Waals surface area contributed by atoms with E-state index < -0.39 is 0 Å². The second-order valence-electron chi connectivity index (χ2n) is 4.07. The van der Waals surface area contributed by atoms with Gasteiger partial charge in [0.2, 0.25) is 0 Å². The van der Waals surface area contributed by atoms with Gasteiger partial charge in [0.1, 0.15) is 17.3 Å². The summed E-state index contributed by atoms with van der Waals surface area (Å²) in [5.41, 5.74) is 6.37. The predicted octanol–water partition coefficient (Wildman–Crippen LogP) is 2.14. The Balaban J connectivity index is 2.21. The quantitative estimate of drug-likeness (QED) is 0.470. The lowest BCUT2D eigenvalue weighted by Gasteiger charge is -2.11. The van der Waals surface area contributed by atoms with Crippen molar-refractivity contribution >= 4 is 33.1 Å². The maximum Gasteiger partial charge on any atom is 0.130 e. The molecule has 0 atom stereocenters. The Hall–Kier alpha value is -0.730. The zero-order chi connectivity index (χ0) is 15.5. The highest BCUT2D eigenvalue weighted by Gasteiger charge is 2.07. The SMILES string of the molecule is COCCOCCOCCOc1cc(Br)ccc1C(N)=S. The molecular formula is C14H20BrNO4S. The Bertz CT molecular complexity index is 445. The molecule has 118 valence electrons. The van der Waals surface area contributed by atoms with Gasteiger partial charge in [0.15, 0.2) is 0 Å². The summed E-state index contributed by atoms with van der Waals surface area (Å²) in [6.07, 6.45) is 0. The van der Waals surface area contributed by atoms with Crippen molar-refractivity contribution in [1.82, 2.24) is 0 Å². The maximum absolute atomic E-state index is 5.65. The molecule has 0 saturated carbocycles. The van der Waals surface area contributed by atoms with Gasteiger partial charge in [-0.2, -0.15) is 0 Å². The number of thiocarbonyl (C=S) groups is 1. The molecule has 0 saturated heterocycles. The second kappa shape index (κ2) is 10.9. The van der Waals surface area contributed by atoms with Crippen LogP contribution in [0.4, 0.5) is 0 Å². The van der Waals surface area contributed by atoms with E-state index in [4.69, 9.17) is 36.9 Å². The molecule has 21 heavy (non-hydrogen) atoms. The Morgan fingerprint density at radius 2 is 1.71 bits per heavy atom. The zero-order valence-electron chi connectivity index (χ0n) is 12.0. The van der Waals surface area contributed by atoms with Crippen LogP contribution in [-0.4, -0.2) is 51.7 Å². The van der Waals surface area contributed by atoms with E-state index in [1.54, 1.807) is 7.11 Å². The van der Waals surface area contributed by atoms with Crippen molar-refractivity contribution in [3.63, 3.8) is 0 Å². The third-order valence-corrected chi connectivity index (χ3v) is 3.21. The van der Waals surface area contributed by atoms with Crippen LogP contribution in [0.2, 0.25) is 0 Å². The minimum Gasteiger partial charge on any atom is -0.490 e. The molecule has 0 aliphatic rings. The summed E-state index contributed by atoms with van der Waals surface area (Å²) in [5, 5.41) is 0. The highest BCUT2D eigenvalue weighted by Crippen LogP contribution is 2.23. The molecule has 0 heterocycles. The monoisotopic (exact) mass is 377 g/mol. The number of nitrogens with two attached hydrogens (primary N) is 1. The third kappa shape index (κ3) is 7.73. The number of methoxy groups -OCH3 is 1. The van der Waals surface area contributed by atoms with E-state index in [9.17, 15) is 0 Å². The van der Waals surface area contributed by atoms with E-state index in [1.807, 2.05) is 18.2 Å². The molecule has 1 rings (SSSR count). The van der Waals surface area contributed by atoms with Gasteiger partial charge in [-0.15, -0.1) is 0 Å². The van der Waals surface area contributed by atoms with Crippen molar-refractivity contribution < 1.29 is 18.9 Å². The van der Waals surface area contributed by atoms with E-state index in [0.29, 0.717) is 50.4 Å². The third-order valence-electron chi connectivity index (χ3n) is 2.50. The average Bonchev–Trinajstić information content (AvgIpc) is 2.45. The van der Waals surface area contributed by atoms with Gasteiger partial charge in [0.05, 0.1) is 38.6 Å². The van der Waals surface area contributed by atoms with Crippen LogP contribution < -0.4 is 10.5 Å². The molecule has 0 amide bonds. The molecule has 5 nitrogen and oxygen atoms in total. The van der Waals surface area contributed by atoms with Crippen LogP contribution in [0.5, 0.6) is 5.75 Å². The van der Waals surface area contributed by atoms with E-state index in [-0.39, 0.29) is 0 Å². The Morgan fingerprint density at radius 1 is 1.10 bits per heavy atom. The molecule has 0 bridgehead atoms. The molecule has 0 fully saturated rings. The van der Waals surface area contributed by atoms with Crippen molar-refractivity contribution in [2.75, 3.05) is 46.8 Å². The largest absolute Gasteiger partial charge is 0.490 e. The molecule has 0 aliphatic heterocycles. The first kappa shape index (κ1) is 18.3. The summed E-state index contributed by atoms with van der Waals surface area (Å²) in [6.45, 7) is 3.12. The summed E-state index contributed by atoms with van der Waals surface area (Å²) in [7, 11) is 1.64. The molecule has 1 aromatic rings. The molecule has 0 aliphatic carbocycles. The molecular weight excluding hydrogens is 358 g/mol. The number of hydrogen-bond donors (Lipinski definition) is 1. The van der Waals surface area contributed by atoms with Crippen molar-refractivity contribution in [2.45, 2.75) is 0 Å². The molecule has 7 heteroatoms. The highest BCUT2D eigenvalue weighted by atomic mass is 79.9. The summed E-state index contributed by atoms with van der Waals surface area (Å²) < 4.78 is 22.1. The second-order valence-corrected chi connectivity index (χ2v) is 5.43. The molecule has 1 aromatic carbocycles. The van der Waals surface area contributed by atoms with Crippen LogP contribution in [-0.2, 0) is 14.2 Å². The first-order valence-corrected chi connectivity index (χ1v) is 7.72. The van der Waals surface area contributed by atoms with E-state index in [1.165, 1.54) is 0 Å². The number of rotatable bonds is 11. The van der Waals surface area contributed by atoms with E-state index in [0.717, 1.165) is 10.0 Å². The Morgan fingerprint density at radius 3 is 2.33 bits per heavy atom. The van der Waals surface area contributed by atoms with Crippen LogP contribution in [0.15, 0.2) is 22.7 Å². The fraction of sp³-hybridized carbons (Fsp3) is 0.500. The lowest BCUT2D eigenvalue weighted by atomic mass is 10.2. The van der Waals surface area contributed by atoms with Crippen molar-refractivity contribution in [3.05, 3.63) is 28.2 Å². The summed E-state index contributed by atoms with van der Waals surface area (Å²) in [4.78, 5) is 0.310. The van der Waals surface area contributed by atoms with Gasteiger partial charge in [0, 0.05) is 11.6 Å². The van der Waals surface area contributed by atoms with Crippen LogP contribution in [0, 0.1) is 0 Å². The lowest BCUT2D eigenvalue weighted by Crippen LogP contribution is -2.15. The fourth-order valence-electron chi connectivity index (χ4n) is 1.49. The minimum atomic E-state index is 0.310. The Labute approximate surface area is 138 Å². The number of hydrogen-bond acceptors (Lipinski definition) is 5. The number of ether oxygens (including phenoxy) is 4. The van der Waals surface area contributed by atoms with Gasteiger partial charge in [-0.25, -0.2) is 0 Å². The molecule has 2 N–H and O–H groups in total. The van der Waals surface area contributed by atoms with Crippen LogP contribution in [0.1, 0.15) is 5.56 Å². The molecule has 0 unspecified atom stereocenters. The summed E-state index contributed by atoms with van der Waals surface area (Å²) in [5.74, 6) is 0.650. The van der Waals surface area contributed by atoms with Gasteiger partial charge >= 0.3 is 0 Å². The maximum atomic E-state index is 5.65. The van der Waals surface area contributed by atoms with Crippen molar-refractivity contribution in [3.8, 4) is 5.75 Å². The first-order chi connectivity index (χ1) is 10.1. The summed E-state index contributed by atoms with van der Waals surface area (Å²) >= 11 is 8.38.